The van der Waals surface area contributed by atoms with Crippen LogP contribution >= 0.6 is 0 Å². The van der Waals surface area contributed by atoms with Gasteiger partial charge in [-0.1, -0.05) is 19.1 Å². The van der Waals surface area contributed by atoms with E-state index < -0.39 is 10.0 Å². The van der Waals surface area contributed by atoms with Crippen molar-refractivity contribution in [1.82, 2.24) is 5.32 Å². The lowest BCUT2D eigenvalue weighted by Crippen LogP contribution is -2.35. The summed E-state index contributed by atoms with van der Waals surface area (Å²) in [6.07, 6.45) is 1.85. The van der Waals surface area contributed by atoms with Crippen molar-refractivity contribution in [2.75, 3.05) is 20.3 Å². The van der Waals surface area contributed by atoms with Crippen LogP contribution in [0.2, 0.25) is 0 Å². The highest BCUT2D eigenvalue weighted by atomic mass is 32.2. The first-order valence-corrected chi connectivity index (χ1v) is 7.86. The number of benzene rings is 1. The maximum Gasteiger partial charge on any atom is 0.238 e. The van der Waals surface area contributed by atoms with Crippen molar-refractivity contribution < 1.29 is 13.2 Å². The minimum absolute atomic E-state index is 0.140. The molecule has 6 heteroatoms. The second-order valence-electron chi connectivity index (χ2n) is 4.50. The predicted octanol–water partition coefficient (Wildman–Crippen LogP) is 0.891. The van der Waals surface area contributed by atoms with Crippen LogP contribution in [0.3, 0.4) is 0 Å². The van der Waals surface area contributed by atoms with Crippen molar-refractivity contribution in [3.63, 3.8) is 0 Å². The lowest BCUT2D eigenvalue weighted by molar-refractivity contribution is 0.166. The van der Waals surface area contributed by atoms with E-state index in [1.54, 1.807) is 19.2 Å². The molecule has 0 saturated carbocycles. The number of sulfonamides is 1. The van der Waals surface area contributed by atoms with Gasteiger partial charge in [-0.05, 0) is 37.1 Å². The highest BCUT2D eigenvalue weighted by Crippen LogP contribution is 2.10. The maximum absolute atomic E-state index is 11.2. The molecule has 0 amide bonds. The zero-order valence-corrected chi connectivity index (χ0v) is 12.2. The third-order valence-electron chi connectivity index (χ3n) is 2.78. The van der Waals surface area contributed by atoms with Crippen LogP contribution in [-0.4, -0.2) is 34.7 Å². The number of rotatable bonds is 8. The monoisotopic (exact) mass is 286 g/mol. The fraction of sp³-hybridized carbons (Fsp3) is 0.538. The summed E-state index contributed by atoms with van der Waals surface area (Å²) in [4.78, 5) is 0.140. The summed E-state index contributed by atoms with van der Waals surface area (Å²) in [5.41, 5.74) is 1.05. The van der Waals surface area contributed by atoms with Crippen molar-refractivity contribution in [2.45, 2.75) is 30.7 Å². The van der Waals surface area contributed by atoms with Crippen LogP contribution in [0.5, 0.6) is 0 Å². The van der Waals surface area contributed by atoms with Crippen molar-refractivity contribution >= 4 is 10.0 Å². The second kappa shape index (κ2) is 7.59. The molecular weight excluding hydrogens is 264 g/mol. The van der Waals surface area contributed by atoms with Gasteiger partial charge in [0.05, 0.1) is 11.5 Å². The Morgan fingerprint density at radius 1 is 1.32 bits per heavy atom. The molecule has 1 aromatic carbocycles. The fourth-order valence-electron chi connectivity index (χ4n) is 1.84. The molecule has 0 bridgehead atoms. The third-order valence-corrected chi connectivity index (χ3v) is 3.71. The van der Waals surface area contributed by atoms with Crippen LogP contribution in [0, 0.1) is 0 Å². The van der Waals surface area contributed by atoms with E-state index >= 15 is 0 Å². The first-order chi connectivity index (χ1) is 8.97. The molecule has 0 fully saturated rings. The quantitative estimate of drug-likeness (QED) is 0.743. The second-order valence-corrected chi connectivity index (χ2v) is 6.06. The largest absolute Gasteiger partial charge is 0.383 e. The van der Waals surface area contributed by atoms with Crippen LogP contribution in [0.1, 0.15) is 18.9 Å². The standard InChI is InChI=1S/C13H22N2O3S/c1-3-8-15-12(10-18-2)9-11-4-6-13(7-5-11)19(14,16)17/h4-7,12,15H,3,8-10H2,1-2H3,(H2,14,16,17). The van der Waals surface area contributed by atoms with Crippen LogP contribution in [-0.2, 0) is 21.2 Å². The zero-order valence-electron chi connectivity index (χ0n) is 11.4. The minimum atomic E-state index is -3.61. The molecule has 5 nitrogen and oxygen atoms in total. The summed E-state index contributed by atoms with van der Waals surface area (Å²) in [5.74, 6) is 0. The Morgan fingerprint density at radius 2 is 1.95 bits per heavy atom. The molecule has 0 aliphatic carbocycles. The maximum atomic E-state index is 11.2. The summed E-state index contributed by atoms with van der Waals surface area (Å²) in [7, 11) is -1.94. The fourth-order valence-corrected chi connectivity index (χ4v) is 2.35. The molecule has 108 valence electrons. The number of ether oxygens (including phenoxy) is 1. The molecule has 0 radical (unpaired) electrons. The topological polar surface area (TPSA) is 81.4 Å². The van der Waals surface area contributed by atoms with Crippen molar-refractivity contribution in [3.8, 4) is 0 Å². The van der Waals surface area contributed by atoms with Crippen LogP contribution in [0.15, 0.2) is 29.2 Å². The number of primary sulfonamides is 1. The van der Waals surface area contributed by atoms with Gasteiger partial charge >= 0.3 is 0 Å². The summed E-state index contributed by atoms with van der Waals surface area (Å²) in [5, 5.41) is 8.46. The Hall–Kier alpha value is -0.950. The summed E-state index contributed by atoms with van der Waals surface area (Å²) < 4.78 is 27.5. The number of nitrogens with two attached hydrogens (primary N) is 1. The molecule has 19 heavy (non-hydrogen) atoms. The van der Waals surface area contributed by atoms with E-state index in [1.807, 2.05) is 0 Å². The van der Waals surface area contributed by atoms with Gasteiger partial charge in [0.2, 0.25) is 10.0 Å². The van der Waals surface area contributed by atoms with Crippen LogP contribution in [0.4, 0.5) is 0 Å². The van der Waals surface area contributed by atoms with Crippen LogP contribution < -0.4 is 10.5 Å². The Morgan fingerprint density at radius 3 is 2.42 bits per heavy atom. The van der Waals surface area contributed by atoms with Crippen molar-refractivity contribution in [1.29, 1.82) is 0 Å². The van der Waals surface area contributed by atoms with Gasteiger partial charge in [0, 0.05) is 13.2 Å². The Labute approximate surface area is 115 Å². The van der Waals surface area contributed by atoms with E-state index in [-0.39, 0.29) is 10.9 Å². The van der Waals surface area contributed by atoms with E-state index in [2.05, 4.69) is 12.2 Å². The lowest BCUT2D eigenvalue weighted by Gasteiger charge is -2.17. The van der Waals surface area contributed by atoms with Crippen LogP contribution in [0.25, 0.3) is 0 Å². The van der Waals surface area contributed by atoms with Gasteiger partial charge in [-0.25, -0.2) is 13.6 Å². The van der Waals surface area contributed by atoms with Gasteiger partial charge in [0.25, 0.3) is 0 Å². The first kappa shape index (κ1) is 16.1. The van der Waals surface area contributed by atoms with E-state index in [0.29, 0.717) is 6.61 Å². The molecule has 0 aliphatic heterocycles. The van der Waals surface area contributed by atoms with E-state index in [9.17, 15) is 8.42 Å². The van der Waals surface area contributed by atoms with Gasteiger partial charge < -0.3 is 10.1 Å². The van der Waals surface area contributed by atoms with E-state index in [4.69, 9.17) is 9.88 Å². The summed E-state index contributed by atoms with van der Waals surface area (Å²) >= 11 is 0. The first-order valence-electron chi connectivity index (χ1n) is 6.31. The highest BCUT2D eigenvalue weighted by Gasteiger charge is 2.10. The highest BCUT2D eigenvalue weighted by molar-refractivity contribution is 7.89. The van der Waals surface area contributed by atoms with E-state index in [1.165, 1.54) is 12.1 Å². The number of nitrogens with one attached hydrogen (secondary N) is 1. The summed E-state index contributed by atoms with van der Waals surface area (Å²) in [6.45, 7) is 3.66. The molecule has 0 aromatic heterocycles. The molecular formula is C13H22N2O3S. The van der Waals surface area contributed by atoms with E-state index in [0.717, 1.165) is 24.9 Å². The Bertz CT molecular complexity index is 471. The van der Waals surface area contributed by atoms with Gasteiger partial charge in [-0.15, -0.1) is 0 Å². The molecule has 1 atom stereocenters. The SMILES string of the molecule is CCCNC(COC)Cc1ccc(S(N)(=O)=O)cc1. The normalized spacial score (nSPS) is 13.4. The van der Waals surface area contributed by atoms with Gasteiger partial charge in [0.1, 0.15) is 0 Å². The molecule has 1 rings (SSSR count). The number of hydrogen-bond acceptors (Lipinski definition) is 4. The Kier molecular flexibility index (Phi) is 6.44. The molecule has 3 N–H and O–H groups in total. The van der Waals surface area contributed by atoms with Crippen molar-refractivity contribution in [3.05, 3.63) is 29.8 Å². The number of hydrogen-bond donors (Lipinski definition) is 2. The molecule has 0 heterocycles. The molecule has 0 saturated heterocycles. The number of methoxy groups -OCH3 is 1. The molecule has 0 spiro atoms. The van der Waals surface area contributed by atoms with Gasteiger partial charge in [0.15, 0.2) is 0 Å². The minimum Gasteiger partial charge on any atom is -0.383 e. The third kappa shape index (κ3) is 5.69. The lowest BCUT2D eigenvalue weighted by atomic mass is 10.1. The van der Waals surface area contributed by atoms with Gasteiger partial charge in [-0.3, -0.25) is 0 Å². The average Bonchev–Trinajstić information content (AvgIpc) is 2.36. The molecule has 1 unspecified atom stereocenters. The Balaban J connectivity index is 2.69. The molecule has 1 aromatic rings. The average molecular weight is 286 g/mol. The smallest absolute Gasteiger partial charge is 0.238 e. The molecule has 0 aliphatic rings. The summed E-state index contributed by atoms with van der Waals surface area (Å²) in [6, 6.07) is 6.87. The van der Waals surface area contributed by atoms with Gasteiger partial charge in [-0.2, -0.15) is 0 Å². The van der Waals surface area contributed by atoms with Crippen molar-refractivity contribution in [2.24, 2.45) is 5.14 Å². The zero-order chi connectivity index (χ0) is 14.3. The predicted molar refractivity (Wildman–Crippen MR) is 75.5 cm³/mol.